The molecule has 8 N–H and O–H groups in total. The lowest BCUT2D eigenvalue weighted by Crippen LogP contribution is -2.34. The SMILES string of the molecule is Nc1nc2c(ncn2[C@@H]2O[C@H](CO)[C@@H](F)[C@H]2OP(=O)(S)OC[C@H]2O[C@@H](c3cnc4n3N=CNC4N)C[C@@H]2O)c(=O)[nH]1. The number of aromatic amines is 1. The Labute approximate surface area is 234 Å². The van der Waals surface area contributed by atoms with Gasteiger partial charge < -0.3 is 36.5 Å². The van der Waals surface area contributed by atoms with Crippen molar-refractivity contribution in [3.63, 3.8) is 0 Å². The second-order valence-corrected chi connectivity index (χ2v) is 12.4. The zero-order chi connectivity index (χ0) is 29.1. The first-order valence-electron chi connectivity index (χ1n) is 12.3. The highest BCUT2D eigenvalue weighted by molar-refractivity contribution is 8.44. The van der Waals surface area contributed by atoms with Crippen LogP contribution < -0.4 is 22.3 Å². The number of nitrogens with zero attached hydrogens (tertiary/aromatic N) is 6. The summed E-state index contributed by atoms with van der Waals surface area (Å²) >= 11 is 3.98. The van der Waals surface area contributed by atoms with Crippen LogP contribution in [0.4, 0.5) is 10.3 Å². The van der Waals surface area contributed by atoms with Crippen molar-refractivity contribution in [2.75, 3.05) is 18.9 Å². The van der Waals surface area contributed by atoms with Crippen LogP contribution in [0.3, 0.4) is 0 Å². The van der Waals surface area contributed by atoms with Gasteiger partial charge in [-0.3, -0.25) is 23.4 Å². The number of anilines is 1. The van der Waals surface area contributed by atoms with E-state index in [4.69, 9.17) is 30.0 Å². The Morgan fingerprint density at radius 1 is 1.32 bits per heavy atom. The van der Waals surface area contributed by atoms with Crippen LogP contribution in [-0.4, -0.2) is 89.5 Å². The molecule has 2 saturated heterocycles. The van der Waals surface area contributed by atoms with Crippen molar-refractivity contribution < 1.29 is 37.7 Å². The predicted octanol–water partition coefficient (Wildman–Crippen LogP) is -1.19. The van der Waals surface area contributed by atoms with Gasteiger partial charge in [-0.05, 0) is 0 Å². The van der Waals surface area contributed by atoms with Gasteiger partial charge in [0.1, 0.15) is 36.9 Å². The molecular formula is C20H26FN10O8PS. The smallest absolute Gasteiger partial charge is 0.386 e. The molecule has 6 heterocycles. The Kier molecular flexibility index (Phi) is 7.37. The molecule has 18 nitrogen and oxygen atoms in total. The fourth-order valence-corrected chi connectivity index (χ4v) is 6.36. The fraction of sp³-hybridized carbons (Fsp3) is 0.550. The Bertz CT molecular complexity index is 1580. The molecule has 0 bridgehead atoms. The number of hydrogen-bond donors (Lipinski definition) is 7. The van der Waals surface area contributed by atoms with Crippen LogP contribution in [0.15, 0.2) is 22.4 Å². The zero-order valence-electron chi connectivity index (χ0n) is 20.9. The van der Waals surface area contributed by atoms with Gasteiger partial charge in [-0.25, -0.2) is 23.6 Å². The van der Waals surface area contributed by atoms with Gasteiger partial charge in [0, 0.05) is 6.42 Å². The number of fused-ring (bicyclic) bond motifs is 2. The van der Waals surface area contributed by atoms with Crippen molar-refractivity contribution in [2.24, 2.45) is 10.8 Å². The number of H-pyrrole nitrogens is 1. The van der Waals surface area contributed by atoms with E-state index in [9.17, 15) is 19.6 Å². The number of rotatable bonds is 8. The number of halogens is 1. The molecule has 3 aliphatic rings. The number of imidazole rings is 2. The molecule has 222 valence electrons. The van der Waals surface area contributed by atoms with E-state index in [2.05, 4.69) is 42.6 Å². The van der Waals surface area contributed by atoms with Crippen molar-refractivity contribution in [2.45, 2.75) is 55.5 Å². The minimum Gasteiger partial charge on any atom is -0.394 e. The van der Waals surface area contributed by atoms with Crippen molar-refractivity contribution in [1.82, 2.24) is 34.5 Å². The van der Waals surface area contributed by atoms with E-state index >= 15 is 4.39 Å². The molecule has 0 saturated carbocycles. The Morgan fingerprint density at radius 2 is 2.12 bits per heavy atom. The number of thiol groups is 1. The normalized spacial score (nSPS) is 32.7. The molecule has 0 aromatic carbocycles. The lowest BCUT2D eigenvalue weighted by Gasteiger charge is -2.25. The highest BCUT2D eigenvalue weighted by Crippen LogP contribution is 2.57. The first kappa shape index (κ1) is 28.2. The number of nitrogens with two attached hydrogens (primary N) is 2. The maximum absolute atomic E-state index is 15.3. The highest BCUT2D eigenvalue weighted by atomic mass is 32.7. The molecule has 6 rings (SSSR count). The summed E-state index contributed by atoms with van der Waals surface area (Å²) in [7, 11) is 0. The van der Waals surface area contributed by atoms with Gasteiger partial charge >= 0.3 is 6.80 Å². The van der Waals surface area contributed by atoms with Crippen LogP contribution in [0.2, 0.25) is 0 Å². The van der Waals surface area contributed by atoms with E-state index in [-0.39, 0.29) is 23.5 Å². The van der Waals surface area contributed by atoms with Crippen LogP contribution in [0, 0.1) is 0 Å². The van der Waals surface area contributed by atoms with Crippen molar-refractivity contribution in [3.05, 3.63) is 34.4 Å². The highest BCUT2D eigenvalue weighted by Gasteiger charge is 2.50. The molecule has 21 heteroatoms. The molecule has 2 fully saturated rings. The number of aliphatic hydroxyl groups excluding tert-OH is 2. The molecule has 3 aromatic heterocycles. The van der Waals surface area contributed by atoms with Gasteiger partial charge in [0.2, 0.25) is 5.95 Å². The summed E-state index contributed by atoms with van der Waals surface area (Å²) in [5, 5.41) is 27.2. The van der Waals surface area contributed by atoms with Gasteiger partial charge in [-0.1, -0.05) is 12.2 Å². The summed E-state index contributed by atoms with van der Waals surface area (Å²) < 4.78 is 53.6. The van der Waals surface area contributed by atoms with E-state index in [1.54, 1.807) is 0 Å². The molecule has 3 aromatic rings. The summed E-state index contributed by atoms with van der Waals surface area (Å²) in [6.45, 7) is -5.49. The number of ether oxygens (including phenoxy) is 2. The van der Waals surface area contributed by atoms with Gasteiger partial charge in [-0.2, -0.15) is 10.1 Å². The third kappa shape index (κ3) is 5.15. The molecular weight excluding hydrogens is 590 g/mol. The van der Waals surface area contributed by atoms with E-state index in [0.717, 1.165) is 6.33 Å². The number of alkyl halides is 1. The minimum absolute atomic E-state index is 0.0535. The summed E-state index contributed by atoms with van der Waals surface area (Å²) in [5.41, 5.74) is 11.3. The quantitative estimate of drug-likeness (QED) is 0.116. The monoisotopic (exact) mass is 616 g/mol. The Morgan fingerprint density at radius 3 is 2.90 bits per heavy atom. The molecule has 3 aliphatic heterocycles. The Hall–Kier alpha value is -2.94. The van der Waals surface area contributed by atoms with Crippen LogP contribution >= 0.6 is 19.0 Å². The maximum Gasteiger partial charge on any atom is 0.386 e. The van der Waals surface area contributed by atoms with Crippen LogP contribution in [0.5, 0.6) is 0 Å². The number of aromatic nitrogens is 6. The average molecular weight is 617 g/mol. The van der Waals surface area contributed by atoms with E-state index in [0.29, 0.717) is 11.5 Å². The summed E-state index contributed by atoms with van der Waals surface area (Å²) in [5.74, 6) is 0.228. The fourth-order valence-electron chi connectivity index (χ4n) is 4.91. The number of nitrogen functional groups attached to an aromatic ring is 1. The third-order valence-electron chi connectivity index (χ3n) is 6.88. The molecule has 0 aliphatic carbocycles. The number of hydrogen-bond acceptors (Lipinski definition) is 15. The minimum atomic E-state index is -4.33. The summed E-state index contributed by atoms with van der Waals surface area (Å²) in [6.07, 6.45) is -5.30. The van der Waals surface area contributed by atoms with Gasteiger partial charge in [0.25, 0.3) is 5.56 Å². The van der Waals surface area contributed by atoms with E-state index in [1.165, 1.54) is 21.8 Å². The molecule has 41 heavy (non-hydrogen) atoms. The third-order valence-corrected chi connectivity index (χ3v) is 8.49. The van der Waals surface area contributed by atoms with Gasteiger partial charge in [0.15, 0.2) is 29.4 Å². The molecule has 0 amide bonds. The maximum atomic E-state index is 15.3. The topological polar surface area (TPSA) is 252 Å². The number of aliphatic hydroxyl groups is 2. The predicted molar refractivity (Wildman–Crippen MR) is 140 cm³/mol. The lowest BCUT2D eigenvalue weighted by molar-refractivity contribution is -0.0491. The van der Waals surface area contributed by atoms with Crippen LogP contribution in [0.25, 0.3) is 11.2 Å². The zero-order valence-corrected chi connectivity index (χ0v) is 22.7. The largest absolute Gasteiger partial charge is 0.394 e. The van der Waals surface area contributed by atoms with E-state index in [1.807, 2.05) is 0 Å². The number of nitrogens with one attached hydrogen (secondary N) is 2. The van der Waals surface area contributed by atoms with Crippen molar-refractivity contribution >= 4 is 42.5 Å². The van der Waals surface area contributed by atoms with Gasteiger partial charge in [-0.15, -0.1) is 0 Å². The van der Waals surface area contributed by atoms with Crippen LogP contribution in [-0.2, 0) is 23.1 Å². The average Bonchev–Trinajstić information content (AvgIpc) is 3.69. The second kappa shape index (κ2) is 10.7. The Balaban J connectivity index is 1.16. The van der Waals surface area contributed by atoms with E-state index < -0.39 is 74.7 Å². The summed E-state index contributed by atoms with van der Waals surface area (Å²) in [4.78, 5) is 26.7. The lowest BCUT2D eigenvalue weighted by atomic mass is 10.1. The van der Waals surface area contributed by atoms with Crippen LogP contribution in [0.1, 0.15) is 36.4 Å². The molecule has 0 radical (unpaired) electrons. The second-order valence-electron chi connectivity index (χ2n) is 9.51. The van der Waals surface area contributed by atoms with Crippen molar-refractivity contribution in [1.29, 1.82) is 0 Å². The standard InChI is InChI=1S/C20H26FN10O8PS/c21-12-10(3-32)38-19(30-6-26-13-16(30)28-20(23)29-18(13)34)14(12)39-40(35,41)36-4-11-8(33)1-9(37-11)7-2-24-17-15(22)25-5-27-31(7)17/h2,5-6,8-12,14-15,19,32-33H,1,3-4,22H2,(H,25,27)(H,35,41)(H3,23,28,29,34)/t8-,9+,10+,11+,12+,14+,15?,19+,40?/m0/s1. The first-order valence-corrected chi connectivity index (χ1v) is 15.0. The van der Waals surface area contributed by atoms with Gasteiger partial charge in [0.05, 0.1) is 37.5 Å². The molecule has 0 spiro atoms. The summed E-state index contributed by atoms with van der Waals surface area (Å²) in [6, 6.07) is 0. The first-order chi connectivity index (χ1) is 19.6. The molecule has 2 unspecified atom stereocenters. The molecule has 9 atom stereocenters. The van der Waals surface area contributed by atoms with Crippen molar-refractivity contribution in [3.8, 4) is 0 Å².